The van der Waals surface area contributed by atoms with E-state index < -0.39 is 0 Å². The molecule has 0 radical (unpaired) electrons. The van der Waals surface area contributed by atoms with Crippen molar-refractivity contribution in [2.75, 3.05) is 26.2 Å². The summed E-state index contributed by atoms with van der Waals surface area (Å²) in [5, 5.41) is 26.7. The van der Waals surface area contributed by atoms with E-state index in [1.807, 2.05) is 54.6 Å². The van der Waals surface area contributed by atoms with Crippen molar-refractivity contribution >= 4 is 0 Å². The van der Waals surface area contributed by atoms with E-state index in [0.29, 0.717) is 18.3 Å². The molecule has 2 aromatic carbocycles. The van der Waals surface area contributed by atoms with Gasteiger partial charge in [0.05, 0.1) is 12.3 Å². The predicted molar refractivity (Wildman–Crippen MR) is 97.3 cm³/mol. The minimum Gasteiger partial charge on any atom is -0.423 e. The molecule has 0 aliphatic rings. The van der Waals surface area contributed by atoms with Crippen LogP contribution in [0.5, 0.6) is 11.8 Å². The summed E-state index contributed by atoms with van der Waals surface area (Å²) >= 11 is 0. The molecule has 1 aromatic heterocycles. The van der Waals surface area contributed by atoms with E-state index in [9.17, 15) is 0 Å². The van der Waals surface area contributed by atoms with Gasteiger partial charge in [-0.1, -0.05) is 35.4 Å². The Balaban J connectivity index is 1.53. The summed E-state index contributed by atoms with van der Waals surface area (Å²) in [7, 11) is 0. The monoisotopic (exact) mass is 354 g/mol. The molecule has 0 aliphatic heterocycles. The number of rotatable bonds is 10. The van der Waals surface area contributed by atoms with Crippen LogP contribution in [0.2, 0.25) is 0 Å². The van der Waals surface area contributed by atoms with Gasteiger partial charge in [-0.15, -0.1) is 0 Å². The first-order valence-electron chi connectivity index (χ1n) is 8.50. The van der Waals surface area contributed by atoms with E-state index >= 15 is 0 Å². The van der Waals surface area contributed by atoms with Crippen LogP contribution in [0.25, 0.3) is 5.69 Å². The van der Waals surface area contributed by atoms with Crippen LogP contribution in [-0.4, -0.2) is 51.6 Å². The van der Waals surface area contributed by atoms with Gasteiger partial charge >= 0.3 is 6.01 Å². The van der Waals surface area contributed by atoms with E-state index in [2.05, 4.69) is 26.2 Å². The number of tetrazole rings is 1. The van der Waals surface area contributed by atoms with Gasteiger partial charge in [0.25, 0.3) is 0 Å². The summed E-state index contributed by atoms with van der Waals surface area (Å²) in [4.78, 5) is 0. The van der Waals surface area contributed by atoms with Gasteiger partial charge in [0.2, 0.25) is 0 Å². The SMILES string of the molecule is OCCNCCNCc1ccc(Oc2nnnn2-c2ccccc2)cc1. The van der Waals surface area contributed by atoms with Crippen LogP contribution in [0.1, 0.15) is 5.56 Å². The van der Waals surface area contributed by atoms with Gasteiger partial charge < -0.3 is 20.5 Å². The smallest absolute Gasteiger partial charge is 0.345 e. The molecule has 0 aliphatic carbocycles. The van der Waals surface area contributed by atoms with Gasteiger partial charge in [-0.2, -0.15) is 4.68 Å². The molecular weight excluding hydrogens is 332 g/mol. The Labute approximate surface area is 151 Å². The lowest BCUT2D eigenvalue weighted by Gasteiger charge is -2.08. The number of nitrogens with one attached hydrogen (secondary N) is 2. The number of nitrogens with zero attached hydrogens (tertiary/aromatic N) is 4. The molecule has 0 saturated carbocycles. The van der Waals surface area contributed by atoms with Gasteiger partial charge in [-0.05, 0) is 40.3 Å². The molecule has 0 fully saturated rings. The fraction of sp³-hybridized carbons (Fsp3) is 0.278. The van der Waals surface area contributed by atoms with Crippen molar-refractivity contribution in [2.24, 2.45) is 0 Å². The Kier molecular flexibility index (Phi) is 6.66. The summed E-state index contributed by atoms with van der Waals surface area (Å²) in [5.41, 5.74) is 1.99. The fourth-order valence-electron chi connectivity index (χ4n) is 2.37. The number of hydrogen-bond acceptors (Lipinski definition) is 7. The molecule has 3 rings (SSSR count). The van der Waals surface area contributed by atoms with Crippen LogP contribution in [0, 0.1) is 0 Å². The molecular formula is C18H22N6O2. The first-order chi connectivity index (χ1) is 12.9. The minimum atomic E-state index is 0.162. The highest BCUT2D eigenvalue weighted by atomic mass is 16.5. The molecule has 0 spiro atoms. The van der Waals surface area contributed by atoms with Crippen molar-refractivity contribution in [3.05, 3.63) is 60.2 Å². The topological polar surface area (TPSA) is 97.1 Å². The molecule has 26 heavy (non-hydrogen) atoms. The van der Waals surface area contributed by atoms with E-state index in [0.717, 1.165) is 30.9 Å². The highest BCUT2D eigenvalue weighted by Crippen LogP contribution is 2.21. The van der Waals surface area contributed by atoms with Crippen molar-refractivity contribution in [3.8, 4) is 17.4 Å². The van der Waals surface area contributed by atoms with Crippen molar-refractivity contribution in [1.29, 1.82) is 0 Å². The summed E-state index contributed by atoms with van der Waals surface area (Å²) in [6, 6.07) is 17.7. The molecule has 8 nitrogen and oxygen atoms in total. The molecule has 0 atom stereocenters. The molecule has 3 aromatic rings. The van der Waals surface area contributed by atoms with Crippen LogP contribution < -0.4 is 15.4 Å². The lowest BCUT2D eigenvalue weighted by atomic mass is 10.2. The summed E-state index contributed by atoms with van der Waals surface area (Å²) < 4.78 is 7.35. The van der Waals surface area contributed by atoms with Crippen molar-refractivity contribution in [2.45, 2.75) is 6.54 Å². The van der Waals surface area contributed by atoms with Crippen LogP contribution in [-0.2, 0) is 6.54 Å². The Morgan fingerprint density at radius 1 is 0.923 bits per heavy atom. The molecule has 0 amide bonds. The Morgan fingerprint density at radius 3 is 2.46 bits per heavy atom. The molecule has 0 unspecified atom stereocenters. The Hall–Kier alpha value is -2.81. The van der Waals surface area contributed by atoms with E-state index in [1.54, 1.807) is 4.68 Å². The number of hydrogen-bond donors (Lipinski definition) is 3. The number of aliphatic hydroxyl groups excluding tert-OH is 1. The van der Waals surface area contributed by atoms with Crippen LogP contribution in [0.15, 0.2) is 54.6 Å². The quantitative estimate of drug-likeness (QED) is 0.470. The second kappa shape index (κ2) is 9.62. The third-order valence-electron chi connectivity index (χ3n) is 3.67. The lowest BCUT2D eigenvalue weighted by molar-refractivity contribution is 0.292. The average Bonchev–Trinajstić information content (AvgIpc) is 3.15. The zero-order valence-electron chi connectivity index (χ0n) is 14.4. The normalized spacial score (nSPS) is 10.8. The van der Waals surface area contributed by atoms with Gasteiger partial charge in [-0.25, -0.2) is 0 Å². The molecule has 0 saturated heterocycles. The highest BCUT2D eigenvalue weighted by molar-refractivity contribution is 5.34. The molecule has 3 N–H and O–H groups in total. The first-order valence-corrected chi connectivity index (χ1v) is 8.50. The van der Waals surface area contributed by atoms with E-state index in [-0.39, 0.29) is 6.61 Å². The summed E-state index contributed by atoms with van der Waals surface area (Å²) in [6.07, 6.45) is 0. The number of ether oxygens (including phenoxy) is 1. The highest BCUT2D eigenvalue weighted by Gasteiger charge is 2.10. The molecule has 136 valence electrons. The largest absolute Gasteiger partial charge is 0.423 e. The maximum atomic E-state index is 8.69. The predicted octanol–water partition coefficient (Wildman–Crippen LogP) is 1.13. The van der Waals surface area contributed by atoms with Crippen molar-refractivity contribution < 1.29 is 9.84 Å². The van der Waals surface area contributed by atoms with Gasteiger partial charge in [-0.3, -0.25) is 0 Å². The van der Waals surface area contributed by atoms with Crippen molar-refractivity contribution in [3.63, 3.8) is 0 Å². The summed E-state index contributed by atoms with van der Waals surface area (Å²) in [5.74, 6) is 0.672. The maximum Gasteiger partial charge on any atom is 0.345 e. The number of benzene rings is 2. The third-order valence-corrected chi connectivity index (χ3v) is 3.67. The zero-order chi connectivity index (χ0) is 18.0. The number of aliphatic hydroxyl groups is 1. The van der Waals surface area contributed by atoms with E-state index in [4.69, 9.17) is 9.84 Å². The zero-order valence-corrected chi connectivity index (χ0v) is 14.4. The number of para-hydroxylation sites is 1. The standard InChI is InChI=1S/C18H22N6O2/c25-13-12-19-10-11-20-14-15-6-8-17(9-7-15)26-18-21-22-23-24(18)16-4-2-1-3-5-16/h1-9,19-20,25H,10-14H2. The van der Waals surface area contributed by atoms with Gasteiger partial charge in [0.15, 0.2) is 0 Å². The second-order valence-electron chi connectivity index (χ2n) is 5.61. The molecule has 0 bridgehead atoms. The van der Waals surface area contributed by atoms with Gasteiger partial charge in [0, 0.05) is 26.2 Å². The Bertz CT molecular complexity index is 776. The molecule has 8 heteroatoms. The van der Waals surface area contributed by atoms with Gasteiger partial charge in [0.1, 0.15) is 5.75 Å². The molecule has 1 heterocycles. The van der Waals surface area contributed by atoms with Crippen LogP contribution in [0.3, 0.4) is 0 Å². The first kappa shape index (κ1) is 18.0. The van der Waals surface area contributed by atoms with E-state index in [1.165, 1.54) is 0 Å². The van der Waals surface area contributed by atoms with Crippen LogP contribution in [0.4, 0.5) is 0 Å². The lowest BCUT2D eigenvalue weighted by Crippen LogP contribution is -2.28. The Morgan fingerprint density at radius 2 is 1.69 bits per heavy atom. The third kappa shape index (κ3) is 5.09. The summed E-state index contributed by atoms with van der Waals surface area (Å²) in [6.45, 7) is 3.21. The van der Waals surface area contributed by atoms with Crippen LogP contribution >= 0.6 is 0 Å². The fourth-order valence-corrected chi connectivity index (χ4v) is 2.37. The maximum absolute atomic E-state index is 8.69. The van der Waals surface area contributed by atoms with Crippen molar-refractivity contribution in [1.82, 2.24) is 30.8 Å². The average molecular weight is 354 g/mol. The number of aromatic nitrogens is 4. The second-order valence-corrected chi connectivity index (χ2v) is 5.61. The minimum absolute atomic E-state index is 0.162.